The molecule has 1 aromatic rings. The van der Waals surface area contributed by atoms with Gasteiger partial charge in [-0.1, -0.05) is 12.1 Å². The molecular weight excluding hydrogens is 258 g/mol. The SMILES string of the molecule is CSCc1ccc(C(=O)NC(C)C2CCCO2)cc1. The molecule has 1 aromatic carbocycles. The molecule has 1 amide bonds. The summed E-state index contributed by atoms with van der Waals surface area (Å²) >= 11 is 1.78. The molecule has 0 aliphatic carbocycles. The van der Waals surface area contributed by atoms with Crippen molar-refractivity contribution in [1.82, 2.24) is 5.32 Å². The monoisotopic (exact) mass is 279 g/mol. The summed E-state index contributed by atoms with van der Waals surface area (Å²) in [6.07, 6.45) is 4.37. The van der Waals surface area contributed by atoms with Crippen molar-refractivity contribution in [2.45, 2.75) is 37.7 Å². The fraction of sp³-hybridized carbons (Fsp3) is 0.533. The zero-order valence-corrected chi connectivity index (χ0v) is 12.3. The number of hydrogen-bond acceptors (Lipinski definition) is 3. The maximum absolute atomic E-state index is 12.1. The van der Waals surface area contributed by atoms with Gasteiger partial charge in [-0.05, 0) is 43.7 Å². The molecule has 1 heterocycles. The summed E-state index contributed by atoms with van der Waals surface area (Å²) in [5, 5.41) is 3.02. The lowest BCUT2D eigenvalue weighted by Gasteiger charge is -2.20. The molecule has 0 aromatic heterocycles. The third-order valence-electron chi connectivity index (χ3n) is 3.41. The van der Waals surface area contributed by atoms with Crippen LogP contribution in [0.5, 0.6) is 0 Å². The molecule has 2 rings (SSSR count). The number of thioether (sulfide) groups is 1. The summed E-state index contributed by atoms with van der Waals surface area (Å²) in [6.45, 7) is 2.82. The van der Waals surface area contributed by atoms with Crippen LogP contribution in [-0.2, 0) is 10.5 Å². The number of ether oxygens (including phenoxy) is 1. The molecule has 4 heteroatoms. The average Bonchev–Trinajstić information content (AvgIpc) is 2.94. The molecule has 19 heavy (non-hydrogen) atoms. The van der Waals surface area contributed by atoms with Gasteiger partial charge in [-0.3, -0.25) is 4.79 Å². The Hall–Kier alpha value is -1.00. The predicted molar refractivity (Wildman–Crippen MR) is 79.6 cm³/mol. The van der Waals surface area contributed by atoms with Gasteiger partial charge in [0.25, 0.3) is 5.91 Å². The van der Waals surface area contributed by atoms with Gasteiger partial charge in [0.15, 0.2) is 0 Å². The Bertz CT molecular complexity index is 413. The topological polar surface area (TPSA) is 38.3 Å². The normalized spacial score (nSPS) is 20.2. The van der Waals surface area contributed by atoms with E-state index in [1.54, 1.807) is 11.8 Å². The number of benzene rings is 1. The second kappa shape index (κ2) is 6.96. The number of nitrogens with one attached hydrogen (secondary N) is 1. The lowest BCUT2D eigenvalue weighted by atomic mass is 10.1. The summed E-state index contributed by atoms with van der Waals surface area (Å²) in [5.74, 6) is 0.965. The van der Waals surface area contributed by atoms with E-state index < -0.39 is 0 Å². The first-order chi connectivity index (χ1) is 9.20. The smallest absolute Gasteiger partial charge is 0.251 e. The zero-order valence-electron chi connectivity index (χ0n) is 11.5. The lowest BCUT2D eigenvalue weighted by molar-refractivity contribution is 0.0712. The van der Waals surface area contributed by atoms with Crippen molar-refractivity contribution in [3.05, 3.63) is 35.4 Å². The first-order valence-corrected chi connectivity index (χ1v) is 8.10. The zero-order chi connectivity index (χ0) is 13.7. The van der Waals surface area contributed by atoms with Gasteiger partial charge >= 0.3 is 0 Å². The Morgan fingerprint density at radius 1 is 1.47 bits per heavy atom. The van der Waals surface area contributed by atoms with Crippen LogP contribution in [0.2, 0.25) is 0 Å². The second-order valence-corrected chi connectivity index (χ2v) is 5.81. The van der Waals surface area contributed by atoms with Crippen LogP contribution in [0.25, 0.3) is 0 Å². The highest BCUT2D eigenvalue weighted by Crippen LogP contribution is 2.16. The standard InChI is InChI=1S/C15H21NO2S/c1-11(14-4-3-9-18-14)16-15(17)13-7-5-12(6-8-13)10-19-2/h5-8,11,14H,3-4,9-10H2,1-2H3,(H,16,17). The van der Waals surface area contributed by atoms with E-state index >= 15 is 0 Å². The van der Waals surface area contributed by atoms with E-state index in [1.807, 2.05) is 31.2 Å². The highest BCUT2D eigenvalue weighted by Gasteiger charge is 2.23. The molecule has 2 atom stereocenters. The highest BCUT2D eigenvalue weighted by molar-refractivity contribution is 7.97. The average molecular weight is 279 g/mol. The molecule has 0 saturated carbocycles. The van der Waals surface area contributed by atoms with Gasteiger partial charge < -0.3 is 10.1 Å². The number of rotatable bonds is 5. The largest absolute Gasteiger partial charge is 0.376 e. The predicted octanol–water partition coefficient (Wildman–Crippen LogP) is 2.85. The third kappa shape index (κ3) is 3.98. The van der Waals surface area contributed by atoms with E-state index in [0.29, 0.717) is 0 Å². The minimum atomic E-state index is -0.0151. The van der Waals surface area contributed by atoms with Crippen molar-refractivity contribution < 1.29 is 9.53 Å². The summed E-state index contributed by atoms with van der Waals surface area (Å²) < 4.78 is 5.59. The van der Waals surface area contributed by atoms with Gasteiger partial charge in [0.05, 0.1) is 12.1 Å². The van der Waals surface area contributed by atoms with E-state index in [-0.39, 0.29) is 18.1 Å². The summed E-state index contributed by atoms with van der Waals surface area (Å²) in [7, 11) is 0. The van der Waals surface area contributed by atoms with Gasteiger partial charge in [0.2, 0.25) is 0 Å². The third-order valence-corrected chi connectivity index (χ3v) is 4.03. The molecule has 1 aliphatic rings. The summed E-state index contributed by atoms with van der Waals surface area (Å²) in [4.78, 5) is 12.1. The fourth-order valence-corrected chi connectivity index (χ4v) is 2.82. The molecule has 0 radical (unpaired) electrons. The van der Waals surface area contributed by atoms with E-state index in [2.05, 4.69) is 11.6 Å². The maximum atomic E-state index is 12.1. The number of carbonyl (C=O) groups is 1. The van der Waals surface area contributed by atoms with E-state index in [0.717, 1.165) is 30.8 Å². The van der Waals surface area contributed by atoms with E-state index in [1.165, 1.54) is 5.56 Å². The van der Waals surface area contributed by atoms with Crippen LogP contribution in [-0.4, -0.2) is 30.9 Å². The number of amides is 1. The van der Waals surface area contributed by atoms with Crippen LogP contribution in [0, 0.1) is 0 Å². The Kier molecular flexibility index (Phi) is 5.28. The minimum absolute atomic E-state index is 0.0151. The second-order valence-electron chi connectivity index (χ2n) is 4.94. The molecule has 2 unspecified atom stereocenters. The number of carbonyl (C=O) groups excluding carboxylic acids is 1. The molecule has 1 N–H and O–H groups in total. The Balaban J connectivity index is 1.91. The van der Waals surface area contributed by atoms with Crippen LogP contribution < -0.4 is 5.32 Å². The van der Waals surface area contributed by atoms with Crippen molar-refractivity contribution in [3.8, 4) is 0 Å². The van der Waals surface area contributed by atoms with E-state index in [4.69, 9.17) is 4.74 Å². The molecular formula is C15H21NO2S. The molecule has 3 nitrogen and oxygen atoms in total. The van der Waals surface area contributed by atoms with Gasteiger partial charge in [-0.15, -0.1) is 0 Å². The van der Waals surface area contributed by atoms with Gasteiger partial charge in [0.1, 0.15) is 0 Å². The van der Waals surface area contributed by atoms with E-state index in [9.17, 15) is 4.79 Å². The molecule has 0 bridgehead atoms. The molecule has 104 valence electrons. The summed E-state index contributed by atoms with van der Waals surface area (Å²) in [6, 6.07) is 7.89. The van der Waals surface area contributed by atoms with Gasteiger partial charge in [-0.25, -0.2) is 0 Å². The Morgan fingerprint density at radius 3 is 2.79 bits per heavy atom. The Labute approximate surface area is 119 Å². The van der Waals surface area contributed by atoms with Crippen LogP contribution in [0.3, 0.4) is 0 Å². The summed E-state index contributed by atoms with van der Waals surface area (Å²) in [5.41, 5.74) is 1.96. The first kappa shape index (κ1) is 14.4. The van der Waals surface area contributed by atoms with Crippen molar-refractivity contribution in [2.24, 2.45) is 0 Å². The van der Waals surface area contributed by atoms with Crippen molar-refractivity contribution >= 4 is 17.7 Å². The Morgan fingerprint density at radius 2 is 2.21 bits per heavy atom. The number of hydrogen-bond donors (Lipinski definition) is 1. The van der Waals surface area contributed by atoms with Crippen LogP contribution >= 0.6 is 11.8 Å². The van der Waals surface area contributed by atoms with Crippen LogP contribution in [0.4, 0.5) is 0 Å². The first-order valence-electron chi connectivity index (χ1n) is 6.71. The van der Waals surface area contributed by atoms with Gasteiger partial charge in [-0.2, -0.15) is 11.8 Å². The molecule has 1 fully saturated rings. The van der Waals surface area contributed by atoms with Crippen molar-refractivity contribution in [1.29, 1.82) is 0 Å². The van der Waals surface area contributed by atoms with Crippen molar-refractivity contribution in [2.75, 3.05) is 12.9 Å². The van der Waals surface area contributed by atoms with Crippen LogP contribution in [0.1, 0.15) is 35.7 Å². The lowest BCUT2D eigenvalue weighted by Crippen LogP contribution is -2.40. The molecule has 1 saturated heterocycles. The molecule has 0 spiro atoms. The van der Waals surface area contributed by atoms with Gasteiger partial charge in [0, 0.05) is 17.9 Å². The fourth-order valence-electron chi connectivity index (χ4n) is 2.30. The molecule has 1 aliphatic heterocycles. The highest BCUT2D eigenvalue weighted by atomic mass is 32.2. The van der Waals surface area contributed by atoms with Crippen molar-refractivity contribution in [3.63, 3.8) is 0 Å². The minimum Gasteiger partial charge on any atom is -0.376 e. The van der Waals surface area contributed by atoms with Crippen LogP contribution in [0.15, 0.2) is 24.3 Å². The maximum Gasteiger partial charge on any atom is 0.251 e. The quantitative estimate of drug-likeness (QED) is 0.900.